The number of aliphatic hydroxyl groups excluding tert-OH is 1. The van der Waals surface area contributed by atoms with Gasteiger partial charge in [-0.05, 0) is 6.42 Å². The van der Waals surface area contributed by atoms with E-state index in [-0.39, 0.29) is 0 Å². The van der Waals surface area contributed by atoms with Crippen LogP contribution in [-0.2, 0) is 0 Å². The molecule has 0 aromatic carbocycles. The van der Waals surface area contributed by atoms with Crippen LogP contribution >= 0.6 is 0 Å². The van der Waals surface area contributed by atoms with Crippen molar-refractivity contribution in [2.24, 2.45) is 0 Å². The first-order valence-corrected chi connectivity index (χ1v) is 3.32. The number of hydrogen-bond donors (Lipinski definition) is 1. The van der Waals surface area contributed by atoms with Crippen LogP contribution in [0.15, 0.2) is 0 Å². The van der Waals surface area contributed by atoms with Gasteiger partial charge in [-0.2, -0.15) is 0 Å². The number of aliphatic hydroxyl groups is 1. The summed E-state index contributed by atoms with van der Waals surface area (Å²) in [6.45, 7) is 0.359. The third-order valence-corrected chi connectivity index (χ3v) is 1.16. The number of unbranched alkanes of at least 4 members (excludes halogenated alkanes) is 1. The standard InChI is InChI=1S/C4H9O.Mg/c1-2-3-4-5;/h5H,1-4H2;/q;+2. The molecule has 1 nitrogen and oxygen atoms in total. The van der Waals surface area contributed by atoms with Crippen LogP contribution in [0.1, 0.15) is 12.8 Å². The van der Waals surface area contributed by atoms with Crippen molar-refractivity contribution < 1.29 is 5.11 Å². The zero-order valence-corrected chi connectivity index (χ0v) is 5.40. The molecule has 0 atom stereocenters. The Labute approximate surface area is 51.2 Å². The molecule has 1 N–H and O–H groups in total. The van der Waals surface area contributed by atoms with Crippen molar-refractivity contribution in [3.8, 4) is 0 Å². The van der Waals surface area contributed by atoms with E-state index in [0.29, 0.717) is 6.61 Å². The van der Waals surface area contributed by atoms with Crippen LogP contribution in [0.5, 0.6) is 0 Å². The molecule has 7 radical (unpaired) electrons. The average molecular weight is 97.4 g/mol. The van der Waals surface area contributed by atoms with Gasteiger partial charge in [-0.1, -0.05) is 0 Å². The summed E-state index contributed by atoms with van der Waals surface area (Å²) in [4.78, 5) is 0. The highest BCUT2D eigenvalue weighted by atomic mass is 24.4. The van der Waals surface area contributed by atoms with Crippen molar-refractivity contribution in [1.29, 1.82) is 0 Å². The Morgan fingerprint density at radius 2 is 2.00 bits per heavy atom. The molecule has 0 aliphatic carbocycles. The first-order valence-electron chi connectivity index (χ1n) is 2.32. The molecule has 0 aromatic heterocycles. The summed E-state index contributed by atoms with van der Waals surface area (Å²) >= 11 is 1.95. The van der Waals surface area contributed by atoms with Gasteiger partial charge in [-0.15, -0.1) is 0 Å². The molecule has 31 valence electrons. The SMILES string of the molecule is OCCC[CH2][Mg+2]. The van der Waals surface area contributed by atoms with E-state index < -0.39 is 0 Å². The van der Waals surface area contributed by atoms with Crippen molar-refractivity contribution >= 4 is 21.7 Å². The average Bonchev–Trinajstić information content (AvgIpc) is 1.61. The maximum absolute atomic E-state index is 8.20. The second-order valence-corrected chi connectivity index (χ2v) is 1.99. The molecule has 0 aliphatic heterocycles. The fourth-order valence-electron chi connectivity index (χ4n) is 0.289. The van der Waals surface area contributed by atoms with Crippen LogP contribution in [0, 0.1) is 0 Å². The normalized spacial score (nSPS) is 9.00. The molecule has 2 heteroatoms. The molecule has 0 saturated carbocycles. The van der Waals surface area contributed by atoms with Gasteiger partial charge in [0.05, 0.1) is 0 Å². The van der Waals surface area contributed by atoms with Crippen LogP contribution in [0.2, 0.25) is 4.55 Å². The summed E-state index contributed by atoms with van der Waals surface area (Å²) in [6, 6.07) is 0. The van der Waals surface area contributed by atoms with Crippen LogP contribution < -0.4 is 0 Å². The van der Waals surface area contributed by atoms with E-state index >= 15 is 0 Å². The van der Waals surface area contributed by atoms with E-state index in [1.807, 2.05) is 21.7 Å². The summed E-state index contributed by atoms with van der Waals surface area (Å²) < 4.78 is 1.22. The zero-order valence-electron chi connectivity index (χ0n) is 3.98. The Bertz CT molecular complexity index is 19.5. The van der Waals surface area contributed by atoms with Crippen molar-refractivity contribution in [2.75, 3.05) is 6.61 Å². The van der Waals surface area contributed by atoms with Gasteiger partial charge in [0, 0.05) is 13.0 Å². The van der Waals surface area contributed by atoms with Gasteiger partial charge in [0.1, 0.15) is 0 Å². The second kappa shape index (κ2) is 5.73. The van der Waals surface area contributed by atoms with Gasteiger partial charge in [0.2, 0.25) is 0 Å². The summed E-state index contributed by atoms with van der Waals surface area (Å²) in [5.74, 6) is 0. The minimum Gasteiger partial charge on any atom is -0.396 e. The van der Waals surface area contributed by atoms with E-state index in [4.69, 9.17) is 5.11 Å². The lowest BCUT2D eigenvalue weighted by atomic mass is 10.4. The Balaban J connectivity index is 2.34. The minimum absolute atomic E-state index is 0.359. The van der Waals surface area contributed by atoms with E-state index in [2.05, 4.69) is 0 Å². The Hall–Kier alpha value is 0.726. The van der Waals surface area contributed by atoms with Crippen LogP contribution in [0.4, 0.5) is 0 Å². The van der Waals surface area contributed by atoms with Gasteiger partial charge in [0.25, 0.3) is 4.55 Å². The summed E-state index contributed by atoms with van der Waals surface area (Å²) in [5, 5.41) is 8.20. The van der Waals surface area contributed by atoms with Gasteiger partial charge in [-0.3, -0.25) is 0 Å². The van der Waals surface area contributed by atoms with Crippen molar-refractivity contribution in [3.63, 3.8) is 0 Å². The largest absolute Gasteiger partial charge is 1.41 e. The van der Waals surface area contributed by atoms with E-state index in [1.165, 1.54) is 11.0 Å². The van der Waals surface area contributed by atoms with Gasteiger partial charge in [0.15, 0.2) is 0 Å². The number of hydrogen-bond acceptors (Lipinski definition) is 1. The molecule has 0 amide bonds. The quantitative estimate of drug-likeness (QED) is 0.398. The van der Waals surface area contributed by atoms with Crippen molar-refractivity contribution in [2.45, 2.75) is 17.4 Å². The molecule has 0 bridgehead atoms. The minimum atomic E-state index is 0.359. The lowest BCUT2D eigenvalue weighted by molar-refractivity contribution is 0.287. The second-order valence-electron chi connectivity index (χ2n) is 1.28. The molecular weight excluding hydrogens is 88.3 g/mol. The van der Waals surface area contributed by atoms with E-state index in [0.717, 1.165) is 6.42 Å². The molecule has 0 spiro atoms. The highest BCUT2D eigenvalue weighted by Gasteiger charge is 2.19. The molecule has 0 aliphatic rings. The summed E-state index contributed by atoms with van der Waals surface area (Å²) in [6.07, 6.45) is 2.15. The van der Waals surface area contributed by atoms with Gasteiger partial charge in [-0.25, -0.2) is 0 Å². The van der Waals surface area contributed by atoms with Crippen molar-refractivity contribution in [3.05, 3.63) is 0 Å². The maximum Gasteiger partial charge on any atom is 1.41 e. The highest BCUT2D eigenvalue weighted by Crippen LogP contribution is 1.87. The van der Waals surface area contributed by atoms with E-state index in [9.17, 15) is 0 Å². The lowest BCUT2D eigenvalue weighted by Gasteiger charge is -1.77. The van der Waals surface area contributed by atoms with E-state index in [1.54, 1.807) is 0 Å². The topological polar surface area (TPSA) is 20.2 Å². The smallest absolute Gasteiger partial charge is 0.396 e. The Morgan fingerprint density at radius 3 is 2.17 bits per heavy atom. The monoisotopic (exact) mass is 97.0 g/mol. The maximum atomic E-state index is 8.20. The third kappa shape index (κ3) is 4.73. The number of rotatable bonds is 3. The fraction of sp³-hybridized carbons (Fsp3) is 1.00. The predicted octanol–water partition coefficient (Wildman–Crippen LogP) is 0.346. The molecule has 0 heterocycles. The Kier molecular flexibility index (Phi) is 6.42. The zero-order chi connectivity index (χ0) is 4.83. The highest BCUT2D eigenvalue weighted by molar-refractivity contribution is 6.08. The molecule has 0 unspecified atom stereocenters. The molecule has 0 saturated heterocycles. The van der Waals surface area contributed by atoms with Crippen LogP contribution in [0.3, 0.4) is 0 Å². The first kappa shape index (κ1) is 6.73. The molecule has 0 rings (SSSR count). The van der Waals surface area contributed by atoms with Crippen molar-refractivity contribution in [1.82, 2.24) is 0 Å². The first-order chi connectivity index (χ1) is 2.91. The van der Waals surface area contributed by atoms with Crippen LogP contribution in [-0.4, -0.2) is 33.4 Å². The van der Waals surface area contributed by atoms with Crippen LogP contribution in [0.25, 0.3) is 0 Å². The Morgan fingerprint density at radius 1 is 1.33 bits per heavy atom. The fourth-order valence-corrected chi connectivity index (χ4v) is 0.642. The summed E-state index contributed by atoms with van der Waals surface area (Å²) in [7, 11) is 0. The molecule has 6 heavy (non-hydrogen) atoms. The summed E-state index contributed by atoms with van der Waals surface area (Å²) in [5.41, 5.74) is 0. The molecular formula is C4H9MgO+2. The van der Waals surface area contributed by atoms with Gasteiger partial charge >= 0.3 is 21.7 Å². The van der Waals surface area contributed by atoms with Gasteiger partial charge < -0.3 is 5.11 Å². The molecule has 0 fully saturated rings. The predicted molar refractivity (Wildman–Crippen MR) is 26.9 cm³/mol. The third-order valence-electron chi connectivity index (χ3n) is 0.658. The lowest BCUT2D eigenvalue weighted by Crippen LogP contribution is -1.79. The molecule has 0 aromatic rings.